The Bertz CT molecular complexity index is 1670. The van der Waals surface area contributed by atoms with Crippen molar-refractivity contribution in [2.45, 2.75) is 64.8 Å². The molecule has 0 spiro atoms. The number of sulfonamides is 1. The van der Waals surface area contributed by atoms with Gasteiger partial charge < -0.3 is 14.6 Å². The van der Waals surface area contributed by atoms with Crippen LogP contribution in [0.4, 0.5) is 0 Å². The van der Waals surface area contributed by atoms with Crippen LogP contribution in [0.2, 0.25) is 0 Å². The summed E-state index contributed by atoms with van der Waals surface area (Å²) in [5.41, 5.74) is 2.69. The zero-order valence-corrected chi connectivity index (χ0v) is 26.8. The standard InChI is InChI=1S/C32H44N6O4S/c1-6-10-18-37(8-3)19-20-38(23-24-14-11-12-17-33-24)43(40,41)25-15-16-30(42-9-4)26(21-25)29-22-27-28(13-7-2)35-36(5)31(27)32(39)34-29/h11-12,14-17,21-22H,6-10,13,18-20,23H2,1-5H3,(H,34,39). The minimum Gasteiger partial charge on any atom is -0.493 e. The van der Waals surface area contributed by atoms with E-state index in [-0.39, 0.29) is 17.0 Å². The van der Waals surface area contributed by atoms with Crippen molar-refractivity contribution in [3.63, 3.8) is 0 Å². The van der Waals surface area contributed by atoms with Crippen LogP contribution in [0.5, 0.6) is 5.75 Å². The molecule has 10 nitrogen and oxygen atoms in total. The van der Waals surface area contributed by atoms with Crippen LogP contribution in [0.1, 0.15) is 58.3 Å². The molecule has 0 aliphatic heterocycles. The summed E-state index contributed by atoms with van der Waals surface area (Å²) in [6, 6.07) is 12.2. The van der Waals surface area contributed by atoms with Gasteiger partial charge in [0.05, 0.1) is 35.1 Å². The minimum atomic E-state index is -3.95. The molecule has 232 valence electrons. The maximum atomic E-state index is 14.3. The monoisotopic (exact) mass is 608 g/mol. The van der Waals surface area contributed by atoms with E-state index in [1.54, 1.807) is 36.1 Å². The molecule has 0 fully saturated rings. The van der Waals surface area contributed by atoms with Crippen molar-refractivity contribution >= 4 is 20.9 Å². The third-order valence-electron chi connectivity index (χ3n) is 7.58. The molecule has 11 heteroatoms. The first-order valence-corrected chi connectivity index (χ1v) is 16.7. The number of aromatic amines is 1. The fourth-order valence-electron chi connectivity index (χ4n) is 5.28. The summed E-state index contributed by atoms with van der Waals surface area (Å²) in [7, 11) is -2.19. The number of unbranched alkanes of at least 4 members (excludes halogenated alkanes) is 1. The first kappa shape index (κ1) is 32.4. The molecule has 0 unspecified atom stereocenters. The van der Waals surface area contributed by atoms with Crippen LogP contribution in [-0.4, -0.2) is 70.2 Å². The maximum Gasteiger partial charge on any atom is 0.274 e. The molecule has 1 N–H and O–H groups in total. The van der Waals surface area contributed by atoms with E-state index in [1.807, 2.05) is 31.2 Å². The van der Waals surface area contributed by atoms with Gasteiger partial charge in [-0.05, 0) is 69.3 Å². The molecule has 0 amide bonds. The fraction of sp³-hybridized carbons (Fsp3) is 0.469. The highest BCUT2D eigenvalue weighted by Crippen LogP contribution is 2.34. The fourth-order valence-corrected chi connectivity index (χ4v) is 6.70. The highest BCUT2D eigenvalue weighted by molar-refractivity contribution is 7.89. The van der Waals surface area contributed by atoms with E-state index in [2.05, 4.69) is 40.7 Å². The van der Waals surface area contributed by atoms with Gasteiger partial charge in [0.15, 0.2) is 0 Å². The van der Waals surface area contributed by atoms with Crippen LogP contribution in [0, 0.1) is 0 Å². The summed E-state index contributed by atoms with van der Waals surface area (Å²) in [4.78, 5) is 23.0. The lowest BCUT2D eigenvalue weighted by molar-refractivity contribution is 0.253. The van der Waals surface area contributed by atoms with Crippen molar-refractivity contribution < 1.29 is 13.2 Å². The Labute approximate surface area is 254 Å². The Morgan fingerprint density at radius 2 is 1.81 bits per heavy atom. The molecule has 0 aliphatic rings. The van der Waals surface area contributed by atoms with Crippen molar-refractivity contribution in [3.8, 4) is 17.0 Å². The number of hydrogen-bond donors (Lipinski definition) is 1. The summed E-state index contributed by atoms with van der Waals surface area (Å²) in [5.74, 6) is 0.491. The van der Waals surface area contributed by atoms with Crippen LogP contribution in [-0.2, 0) is 30.0 Å². The summed E-state index contributed by atoms with van der Waals surface area (Å²) >= 11 is 0. The Morgan fingerprint density at radius 3 is 2.49 bits per heavy atom. The third kappa shape index (κ3) is 7.52. The Balaban J connectivity index is 1.79. The van der Waals surface area contributed by atoms with Crippen molar-refractivity contribution in [2.75, 3.05) is 32.8 Å². The van der Waals surface area contributed by atoms with E-state index in [9.17, 15) is 13.2 Å². The lowest BCUT2D eigenvalue weighted by Crippen LogP contribution is -2.39. The number of hydrogen-bond acceptors (Lipinski definition) is 7. The van der Waals surface area contributed by atoms with Crippen LogP contribution < -0.4 is 10.3 Å². The topological polar surface area (TPSA) is 113 Å². The highest BCUT2D eigenvalue weighted by Gasteiger charge is 2.27. The zero-order valence-electron chi connectivity index (χ0n) is 26.0. The predicted molar refractivity (Wildman–Crippen MR) is 171 cm³/mol. The second kappa shape index (κ2) is 14.8. The van der Waals surface area contributed by atoms with Crippen LogP contribution in [0.25, 0.3) is 22.2 Å². The van der Waals surface area contributed by atoms with Gasteiger partial charge in [-0.2, -0.15) is 9.40 Å². The number of aromatic nitrogens is 4. The van der Waals surface area contributed by atoms with Gasteiger partial charge in [0, 0.05) is 37.3 Å². The number of likely N-dealkylation sites (N-methyl/N-ethyl adjacent to an activating group) is 1. The molecule has 0 aliphatic carbocycles. The summed E-state index contributed by atoms with van der Waals surface area (Å²) < 4.78 is 37.6. The molecule has 3 heterocycles. The van der Waals surface area contributed by atoms with Crippen molar-refractivity contribution in [1.29, 1.82) is 0 Å². The maximum absolute atomic E-state index is 14.3. The van der Waals surface area contributed by atoms with Gasteiger partial charge in [-0.25, -0.2) is 8.42 Å². The highest BCUT2D eigenvalue weighted by atomic mass is 32.2. The van der Waals surface area contributed by atoms with E-state index in [1.165, 1.54) is 4.31 Å². The summed E-state index contributed by atoms with van der Waals surface area (Å²) in [6.07, 6.45) is 5.41. The first-order chi connectivity index (χ1) is 20.7. The molecule has 4 aromatic rings. The number of fused-ring (bicyclic) bond motifs is 1. The van der Waals surface area contributed by atoms with Crippen molar-refractivity contribution in [1.82, 2.24) is 29.0 Å². The Kier molecular flexibility index (Phi) is 11.1. The second-order valence-electron chi connectivity index (χ2n) is 10.6. The molecule has 0 bridgehead atoms. The van der Waals surface area contributed by atoms with Crippen LogP contribution in [0.15, 0.2) is 58.4 Å². The molecule has 0 saturated carbocycles. The van der Waals surface area contributed by atoms with E-state index in [4.69, 9.17) is 4.74 Å². The lowest BCUT2D eigenvalue weighted by Gasteiger charge is -2.27. The van der Waals surface area contributed by atoms with Crippen molar-refractivity contribution in [3.05, 3.63) is 70.4 Å². The number of ether oxygens (including phenoxy) is 1. The number of nitrogens with zero attached hydrogens (tertiary/aromatic N) is 5. The quantitative estimate of drug-likeness (QED) is 0.191. The number of benzene rings is 1. The van der Waals surface area contributed by atoms with E-state index in [0.29, 0.717) is 47.9 Å². The molecular formula is C32H44N6O4S. The Morgan fingerprint density at radius 1 is 1.00 bits per heavy atom. The SMILES string of the molecule is CCCCN(CC)CCN(Cc1ccccn1)S(=O)(=O)c1ccc(OCC)c(-c2cc3c(CCC)nn(C)c3c(=O)[nH]2)c1. The van der Waals surface area contributed by atoms with Gasteiger partial charge in [-0.15, -0.1) is 0 Å². The average molecular weight is 609 g/mol. The van der Waals surface area contributed by atoms with Crippen molar-refractivity contribution in [2.24, 2.45) is 7.05 Å². The molecule has 0 radical (unpaired) electrons. The van der Waals surface area contributed by atoms with Crippen LogP contribution in [0.3, 0.4) is 0 Å². The number of nitrogens with one attached hydrogen (secondary N) is 1. The number of H-pyrrole nitrogens is 1. The smallest absolute Gasteiger partial charge is 0.274 e. The molecule has 1 aromatic carbocycles. The molecule has 4 rings (SSSR count). The summed E-state index contributed by atoms with van der Waals surface area (Å²) in [5, 5.41) is 5.32. The van der Waals surface area contributed by atoms with E-state index < -0.39 is 10.0 Å². The second-order valence-corrected chi connectivity index (χ2v) is 12.6. The Hall–Kier alpha value is -3.54. The van der Waals surface area contributed by atoms with Gasteiger partial charge >= 0.3 is 0 Å². The number of pyridine rings is 2. The van der Waals surface area contributed by atoms with Crippen LogP contribution >= 0.6 is 0 Å². The van der Waals surface area contributed by atoms with Gasteiger partial charge in [-0.3, -0.25) is 14.5 Å². The first-order valence-electron chi connectivity index (χ1n) is 15.2. The molecule has 43 heavy (non-hydrogen) atoms. The molecule has 0 saturated heterocycles. The number of aryl methyl sites for hydroxylation is 2. The van der Waals surface area contributed by atoms with Gasteiger partial charge in [0.2, 0.25) is 10.0 Å². The molecular weight excluding hydrogens is 564 g/mol. The van der Waals surface area contributed by atoms with Gasteiger partial charge in [-0.1, -0.05) is 39.7 Å². The zero-order chi connectivity index (χ0) is 31.0. The minimum absolute atomic E-state index is 0.124. The number of rotatable bonds is 16. The van der Waals surface area contributed by atoms with E-state index >= 15 is 0 Å². The average Bonchev–Trinajstić information content (AvgIpc) is 3.32. The summed E-state index contributed by atoms with van der Waals surface area (Å²) in [6.45, 7) is 11.4. The lowest BCUT2D eigenvalue weighted by atomic mass is 10.1. The molecule has 0 atom stereocenters. The molecule has 3 aromatic heterocycles. The normalized spacial score (nSPS) is 12.1. The van der Waals surface area contributed by atoms with Gasteiger partial charge in [0.25, 0.3) is 5.56 Å². The van der Waals surface area contributed by atoms with E-state index in [0.717, 1.165) is 49.9 Å². The third-order valence-corrected chi connectivity index (χ3v) is 9.42. The largest absolute Gasteiger partial charge is 0.493 e. The predicted octanol–water partition coefficient (Wildman–Crippen LogP) is 4.99. The van der Waals surface area contributed by atoms with Gasteiger partial charge in [0.1, 0.15) is 11.3 Å².